The maximum Gasteiger partial charge on any atom is 0.312 e. The second-order valence-electron chi connectivity index (χ2n) is 20.5. The SMILES string of the molecule is CCN(CCOC(=O)C(C)(CC(C)(CC)C(C)(CC)C(C)(CC(C)(C)CC)C(=O)OCCOc1ccc(-c2ccc(C#N)cc2)cc1)C(C)(C)CC)c1ccc(/N=N/c2nc(C#N)c(C#N)[nH]2)cc1. The third kappa shape index (κ3) is 12.4. The van der Waals surface area contributed by atoms with E-state index in [0.717, 1.165) is 36.1 Å². The Hall–Kier alpha value is -6.52. The molecule has 0 fully saturated rings. The molecule has 1 N–H and O–H groups in total. The van der Waals surface area contributed by atoms with Gasteiger partial charge in [0.1, 0.15) is 37.7 Å². The van der Waals surface area contributed by atoms with Gasteiger partial charge >= 0.3 is 11.9 Å². The smallest absolute Gasteiger partial charge is 0.312 e. The van der Waals surface area contributed by atoms with Gasteiger partial charge < -0.3 is 24.1 Å². The summed E-state index contributed by atoms with van der Waals surface area (Å²) in [6.07, 6.45) is 4.11. The van der Waals surface area contributed by atoms with Gasteiger partial charge in [-0.25, -0.2) is 0 Å². The molecule has 0 aliphatic rings. The Labute approximate surface area is 411 Å². The van der Waals surface area contributed by atoms with Crippen LogP contribution < -0.4 is 9.64 Å². The molecular formula is C56H74N8O5. The summed E-state index contributed by atoms with van der Waals surface area (Å²) < 4.78 is 18.6. The summed E-state index contributed by atoms with van der Waals surface area (Å²) in [6, 6.07) is 28.5. The number of anilines is 1. The van der Waals surface area contributed by atoms with Crippen molar-refractivity contribution in [2.45, 2.75) is 129 Å². The highest BCUT2D eigenvalue weighted by Crippen LogP contribution is 2.65. The number of aromatic nitrogens is 2. The van der Waals surface area contributed by atoms with Crippen LogP contribution in [0.25, 0.3) is 11.1 Å². The number of nitriles is 3. The van der Waals surface area contributed by atoms with Crippen LogP contribution in [0.2, 0.25) is 0 Å². The number of nitrogens with zero attached hydrogens (tertiary/aromatic N) is 7. The third-order valence-electron chi connectivity index (χ3n) is 16.0. The standard InChI is InChI=1S/C56H74N8O5/c1-14-51(6,7)38-55(12,49(66)69-34-33-67-45-29-23-42(24-30-45)41-21-19-40(35-57)20-22-41)56(13,17-4)53(10,16-3)39-54(11,52(8,9)15-2)48(65)68-32-31-64(18-5)44-27-25-43(26-28-44)62-63-50-60-46(36-58)47(37-59)61-50/h19-30H,14-18,31-34,38-39H2,1-13H3,(H,60,61)/b63-62+. The number of carbonyl (C=O) groups excluding carboxylic acids is 2. The van der Waals surface area contributed by atoms with Gasteiger partial charge in [0.15, 0.2) is 11.4 Å². The number of nitrogens with one attached hydrogen (secondary N) is 1. The van der Waals surface area contributed by atoms with Gasteiger partial charge in [0.2, 0.25) is 5.95 Å². The molecule has 1 aromatic heterocycles. The first-order chi connectivity index (χ1) is 32.6. The molecule has 13 heteroatoms. The Balaban J connectivity index is 1.52. The number of hydrogen-bond donors (Lipinski definition) is 1. The Bertz CT molecular complexity index is 2480. The number of ether oxygens (including phenoxy) is 3. The predicted molar refractivity (Wildman–Crippen MR) is 271 cm³/mol. The van der Waals surface area contributed by atoms with Crippen molar-refractivity contribution in [2.75, 3.05) is 37.8 Å². The molecule has 4 aromatic rings. The minimum absolute atomic E-state index is 0.0334. The van der Waals surface area contributed by atoms with Crippen molar-refractivity contribution < 1.29 is 23.8 Å². The lowest BCUT2D eigenvalue weighted by molar-refractivity contribution is -0.188. The monoisotopic (exact) mass is 939 g/mol. The molecule has 4 unspecified atom stereocenters. The van der Waals surface area contributed by atoms with Gasteiger partial charge in [0.05, 0.1) is 34.7 Å². The second-order valence-corrected chi connectivity index (χ2v) is 20.5. The van der Waals surface area contributed by atoms with Crippen molar-refractivity contribution in [1.29, 1.82) is 15.8 Å². The molecule has 0 amide bonds. The molecule has 4 rings (SSSR count). The van der Waals surface area contributed by atoms with Gasteiger partial charge in [0.25, 0.3) is 0 Å². The number of rotatable bonds is 25. The minimum Gasteiger partial charge on any atom is -0.490 e. The summed E-state index contributed by atoms with van der Waals surface area (Å²) in [7, 11) is 0. The van der Waals surface area contributed by atoms with Crippen molar-refractivity contribution in [3.8, 4) is 35.1 Å². The van der Waals surface area contributed by atoms with Crippen LogP contribution in [0.15, 0.2) is 83.0 Å². The maximum atomic E-state index is 14.9. The maximum absolute atomic E-state index is 14.9. The van der Waals surface area contributed by atoms with E-state index in [1.165, 1.54) is 0 Å². The Morgan fingerprint density at radius 3 is 1.75 bits per heavy atom. The first-order valence-corrected chi connectivity index (χ1v) is 24.3. The third-order valence-corrected chi connectivity index (χ3v) is 16.0. The zero-order valence-corrected chi connectivity index (χ0v) is 43.4. The highest BCUT2D eigenvalue weighted by atomic mass is 16.6. The minimum atomic E-state index is -0.935. The van der Waals surface area contributed by atoms with E-state index in [2.05, 4.69) is 114 Å². The summed E-state index contributed by atoms with van der Waals surface area (Å²) in [5, 5.41) is 35.8. The Kier molecular flexibility index (Phi) is 18.5. The number of benzene rings is 3. The molecule has 3 aromatic carbocycles. The average Bonchev–Trinajstić information content (AvgIpc) is 3.78. The van der Waals surface area contributed by atoms with E-state index >= 15 is 0 Å². The molecule has 4 atom stereocenters. The number of aromatic amines is 1. The lowest BCUT2D eigenvalue weighted by atomic mass is 9.44. The van der Waals surface area contributed by atoms with E-state index in [0.29, 0.717) is 49.4 Å². The summed E-state index contributed by atoms with van der Waals surface area (Å²) in [5.41, 5.74) is 0.457. The number of carbonyl (C=O) groups is 2. The van der Waals surface area contributed by atoms with Crippen LogP contribution in [0.1, 0.15) is 145 Å². The van der Waals surface area contributed by atoms with Crippen LogP contribution in [-0.4, -0.2) is 54.8 Å². The molecule has 0 bridgehead atoms. The summed E-state index contributed by atoms with van der Waals surface area (Å²) >= 11 is 0. The van der Waals surface area contributed by atoms with Crippen LogP contribution >= 0.6 is 0 Å². The number of H-pyrrole nitrogens is 1. The number of imidazole rings is 1. The van der Waals surface area contributed by atoms with Crippen molar-refractivity contribution in [3.05, 3.63) is 89.7 Å². The van der Waals surface area contributed by atoms with E-state index in [1.807, 2.05) is 79.7 Å². The Morgan fingerprint density at radius 2 is 1.25 bits per heavy atom. The molecule has 0 saturated carbocycles. The van der Waals surface area contributed by atoms with Gasteiger partial charge in [0, 0.05) is 12.2 Å². The number of azo groups is 1. The first-order valence-electron chi connectivity index (χ1n) is 24.3. The topological polar surface area (TPSA) is 190 Å². The summed E-state index contributed by atoms with van der Waals surface area (Å²) in [6.45, 7) is 29.6. The molecule has 1 heterocycles. The molecule has 0 aliphatic heterocycles. The van der Waals surface area contributed by atoms with Crippen LogP contribution in [0.5, 0.6) is 5.75 Å². The number of hydrogen-bond acceptors (Lipinski definition) is 12. The van der Waals surface area contributed by atoms with E-state index < -0.39 is 27.1 Å². The van der Waals surface area contributed by atoms with Crippen LogP contribution in [-0.2, 0) is 19.1 Å². The molecule has 0 saturated heterocycles. The van der Waals surface area contributed by atoms with Gasteiger partial charge in [-0.1, -0.05) is 106 Å². The zero-order chi connectivity index (χ0) is 51.3. The number of esters is 2. The molecule has 69 heavy (non-hydrogen) atoms. The van der Waals surface area contributed by atoms with Crippen LogP contribution in [0.3, 0.4) is 0 Å². The first kappa shape index (κ1) is 55.1. The van der Waals surface area contributed by atoms with E-state index in [-0.39, 0.29) is 54.5 Å². The van der Waals surface area contributed by atoms with E-state index in [1.54, 1.807) is 12.1 Å². The van der Waals surface area contributed by atoms with Gasteiger partial charge in [-0.3, -0.25) is 9.59 Å². The molecule has 0 spiro atoms. The fourth-order valence-corrected chi connectivity index (χ4v) is 9.74. The fraction of sp³-hybridized carbons (Fsp3) is 0.536. The van der Waals surface area contributed by atoms with Crippen molar-refractivity contribution in [2.24, 2.45) is 42.7 Å². The normalized spacial score (nSPS) is 15.3. The van der Waals surface area contributed by atoms with E-state index in [9.17, 15) is 20.1 Å². The van der Waals surface area contributed by atoms with Gasteiger partial charge in [-0.15, -0.1) is 10.2 Å². The molecule has 368 valence electrons. The van der Waals surface area contributed by atoms with Crippen molar-refractivity contribution >= 4 is 29.3 Å². The largest absolute Gasteiger partial charge is 0.490 e. The molecule has 13 nitrogen and oxygen atoms in total. The molecule has 0 radical (unpaired) electrons. The van der Waals surface area contributed by atoms with E-state index in [4.69, 9.17) is 19.5 Å². The van der Waals surface area contributed by atoms with Gasteiger partial charge in [-0.05, 0) is 128 Å². The number of likely N-dealkylation sites (N-methyl/N-ethyl adjacent to an activating group) is 1. The quantitative estimate of drug-likeness (QED) is 0.0380. The van der Waals surface area contributed by atoms with Crippen LogP contribution in [0.4, 0.5) is 17.3 Å². The highest BCUT2D eigenvalue weighted by molar-refractivity contribution is 5.79. The van der Waals surface area contributed by atoms with Gasteiger partial charge in [-0.2, -0.15) is 20.8 Å². The molecular weight excluding hydrogens is 865 g/mol. The predicted octanol–water partition coefficient (Wildman–Crippen LogP) is 13.6. The van der Waals surface area contributed by atoms with Crippen molar-refractivity contribution in [1.82, 2.24) is 9.97 Å². The lowest BCUT2D eigenvalue weighted by Crippen LogP contribution is -2.58. The van der Waals surface area contributed by atoms with Crippen molar-refractivity contribution in [3.63, 3.8) is 0 Å². The second kappa shape index (κ2) is 23.2. The highest BCUT2D eigenvalue weighted by Gasteiger charge is 2.62. The zero-order valence-electron chi connectivity index (χ0n) is 43.4. The Morgan fingerprint density at radius 1 is 0.652 bits per heavy atom. The molecule has 0 aliphatic carbocycles. The summed E-state index contributed by atoms with van der Waals surface area (Å²) in [4.78, 5) is 38.5. The fourth-order valence-electron chi connectivity index (χ4n) is 9.74. The summed E-state index contributed by atoms with van der Waals surface area (Å²) in [5.74, 6) is 0.217. The van der Waals surface area contributed by atoms with Crippen LogP contribution in [0, 0.1) is 66.5 Å². The average molecular weight is 939 g/mol. The lowest BCUT2D eigenvalue weighted by Gasteiger charge is -2.59.